The molecule has 1 aromatic carbocycles. The summed E-state index contributed by atoms with van der Waals surface area (Å²) in [6.07, 6.45) is 3.70. The number of carbonyl (C=O) groups excluding carboxylic acids is 1. The van der Waals surface area contributed by atoms with Crippen LogP contribution in [-0.2, 0) is 6.42 Å². The SMILES string of the molecule is O=C(Cc1cncc(Br)c1)c1cccc(Cl)c1. The molecule has 0 atom stereocenters. The molecule has 0 aliphatic heterocycles. The average Bonchev–Trinajstić information content (AvgIpc) is 2.29. The number of hydrogen-bond donors (Lipinski definition) is 0. The predicted octanol–water partition coefficient (Wildman–Crippen LogP) is 3.92. The van der Waals surface area contributed by atoms with Crippen molar-refractivity contribution in [3.63, 3.8) is 0 Å². The van der Waals surface area contributed by atoms with Crippen LogP contribution in [0, 0.1) is 0 Å². The van der Waals surface area contributed by atoms with E-state index in [0.717, 1.165) is 10.0 Å². The average molecular weight is 311 g/mol. The summed E-state index contributed by atoms with van der Waals surface area (Å²) in [5, 5.41) is 0.572. The molecule has 0 bridgehead atoms. The van der Waals surface area contributed by atoms with Gasteiger partial charge in [-0.2, -0.15) is 0 Å². The summed E-state index contributed by atoms with van der Waals surface area (Å²) in [5.41, 5.74) is 1.50. The fraction of sp³-hybridized carbons (Fsp3) is 0.0769. The maximum Gasteiger partial charge on any atom is 0.167 e. The molecule has 2 aromatic rings. The molecule has 86 valence electrons. The van der Waals surface area contributed by atoms with E-state index in [-0.39, 0.29) is 5.78 Å². The number of Topliss-reactive ketones (excluding diaryl/α,β-unsaturated/α-hetero) is 1. The number of hydrogen-bond acceptors (Lipinski definition) is 2. The Hall–Kier alpha value is -1.19. The number of halogens is 2. The molecule has 0 aliphatic rings. The van der Waals surface area contributed by atoms with Gasteiger partial charge in [0, 0.05) is 33.9 Å². The molecule has 0 saturated carbocycles. The second-order valence-electron chi connectivity index (χ2n) is 3.62. The highest BCUT2D eigenvalue weighted by molar-refractivity contribution is 9.10. The lowest BCUT2D eigenvalue weighted by molar-refractivity contribution is 0.0993. The van der Waals surface area contributed by atoms with Gasteiger partial charge in [0.25, 0.3) is 0 Å². The van der Waals surface area contributed by atoms with Crippen LogP contribution in [0.15, 0.2) is 47.2 Å². The molecule has 2 nitrogen and oxygen atoms in total. The first-order valence-corrected chi connectivity index (χ1v) is 6.20. The van der Waals surface area contributed by atoms with Crippen LogP contribution in [0.5, 0.6) is 0 Å². The van der Waals surface area contributed by atoms with Crippen LogP contribution in [-0.4, -0.2) is 10.8 Å². The number of aromatic nitrogens is 1. The number of carbonyl (C=O) groups is 1. The lowest BCUT2D eigenvalue weighted by atomic mass is 10.0. The van der Waals surface area contributed by atoms with Crippen molar-refractivity contribution in [1.82, 2.24) is 4.98 Å². The summed E-state index contributed by atoms with van der Waals surface area (Å²) in [6.45, 7) is 0. The van der Waals surface area contributed by atoms with Crippen molar-refractivity contribution >= 4 is 33.3 Å². The minimum atomic E-state index is 0.0346. The second kappa shape index (κ2) is 5.43. The Morgan fingerprint density at radius 3 is 2.82 bits per heavy atom. The minimum absolute atomic E-state index is 0.0346. The Balaban J connectivity index is 2.17. The molecule has 0 saturated heterocycles. The van der Waals surface area contributed by atoms with E-state index in [1.54, 1.807) is 36.7 Å². The molecule has 0 radical (unpaired) electrons. The van der Waals surface area contributed by atoms with Crippen molar-refractivity contribution in [2.45, 2.75) is 6.42 Å². The first-order valence-electron chi connectivity index (χ1n) is 5.03. The number of benzene rings is 1. The van der Waals surface area contributed by atoms with Crippen molar-refractivity contribution in [2.75, 3.05) is 0 Å². The number of rotatable bonds is 3. The highest BCUT2D eigenvalue weighted by Crippen LogP contribution is 2.15. The fourth-order valence-electron chi connectivity index (χ4n) is 1.50. The molecular weight excluding hydrogens is 302 g/mol. The van der Waals surface area contributed by atoms with Gasteiger partial charge < -0.3 is 0 Å². The third kappa shape index (κ3) is 3.38. The van der Waals surface area contributed by atoms with Crippen LogP contribution in [0.2, 0.25) is 5.02 Å². The van der Waals surface area contributed by atoms with E-state index in [0.29, 0.717) is 17.0 Å². The van der Waals surface area contributed by atoms with Crippen molar-refractivity contribution in [2.24, 2.45) is 0 Å². The predicted molar refractivity (Wildman–Crippen MR) is 71.4 cm³/mol. The fourth-order valence-corrected chi connectivity index (χ4v) is 2.10. The van der Waals surface area contributed by atoms with Crippen molar-refractivity contribution in [1.29, 1.82) is 0 Å². The van der Waals surface area contributed by atoms with E-state index in [1.807, 2.05) is 6.07 Å². The number of ketones is 1. The smallest absolute Gasteiger partial charge is 0.167 e. The molecule has 17 heavy (non-hydrogen) atoms. The molecular formula is C13H9BrClNO. The van der Waals surface area contributed by atoms with Gasteiger partial charge in [-0.1, -0.05) is 23.7 Å². The van der Waals surface area contributed by atoms with E-state index in [1.165, 1.54) is 0 Å². The number of nitrogens with zero attached hydrogens (tertiary/aromatic N) is 1. The normalized spacial score (nSPS) is 10.2. The molecule has 0 fully saturated rings. The summed E-state index contributed by atoms with van der Waals surface area (Å²) in [4.78, 5) is 16.0. The molecule has 2 rings (SSSR count). The van der Waals surface area contributed by atoms with E-state index in [2.05, 4.69) is 20.9 Å². The third-order valence-electron chi connectivity index (χ3n) is 2.27. The minimum Gasteiger partial charge on any atom is -0.294 e. The highest BCUT2D eigenvalue weighted by Gasteiger charge is 2.07. The standard InChI is InChI=1S/C13H9BrClNO/c14-11-4-9(7-16-8-11)5-13(17)10-2-1-3-12(15)6-10/h1-4,6-8H,5H2. The third-order valence-corrected chi connectivity index (χ3v) is 2.94. The van der Waals surface area contributed by atoms with Crippen molar-refractivity contribution in [3.8, 4) is 0 Å². The topological polar surface area (TPSA) is 30.0 Å². The molecule has 0 unspecified atom stereocenters. The Kier molecular flexibility index (Phi) is 3.92. The Morgan fingerprint density at radius 2 is 2.12 bits per heavy atom. The quantitative estimate of drug-likeness (QED) is 0.804. The summed E-state index contributed by atoms with van der Waals surface area (Å²) >= 11 is 9.17. The molecule has 0 spiro atoms. The molecule has 0 aliphatic carbocycles. The van der Waals surface area contributed by atoms with Crippen molar-refractivity contribution < 1.29 is 4.79 Å². The van der Waals surface area contributed by atoms with Crippen LogP contribution in [0.25, 0.3) is 0 Å². The lowest BCUT2D eigenvalue weighted by Gasteiger charge is -2.02. The van der Waals surface area contributed by atoms with Gasteiger partial charge in [-0.05, 0) is 39.7 Å². The number of pyridine rings is 1. The largest absolute Gasteiger partial charge is 0.294 e. The van der Waals surface area contributed by atoms with Gasteiger partial charge in [-0.25, -0.2) is 0 Å². The van der Waals surface area contributed by atoms with Crippen LogP contribution >= 0.6 is 27.5 Å². The maximum absolute atomic E-state index is 12.0. The first kappa shape index (κ1) is 12.3. The highest BCUT2D eigenvalue weighted by atomic mass is 79.9. The van der Waals surface area contributed by atoms with Gasteiger partial charge in [0.1, 0.15) is 0 Å². The van der Waals surface area contributed by atoms with Gasteiger partial charge >= 0.3 is 0 Å². The van der Waals surface area contributed by atoms with Gasteiger partial charge in [-0.15, -0.1) is 0 Å². The Labute approximate surface area is 113 Å². The maximum atomic E-state index is 12.0. The summed E-state index contributed by atoms with van der Waals surface area (Å²) < 4.78 is 0.869. The van der Waals surface area contributed by atoms with Gasteiger partial charge in [0.15, 0.2) is 5.78 Å². The zero-order chi connectivity index (χ0) is 12.3. The Bertz CT molecular complexity index is 557. The molecule has 1 aromatic heterocycles. The molecule has 0 N–H and O–H groups in total. The summed E-state index contributed by atoms with van der Waals surface area (Å²) in [7, 11) is 0. The monoisotopic (exact) mass is 309 g/mol. The lowest BCUT2D eigenvalue weighted by Crippen LogP contribution is -2.03. The van der Waals surface area contributed by atoms with Crippen LogP contribution < -0.4 is 0 Å². The zero-order valence-corrected chi connectivity index (χ0v) is 11.2. The van der Waals surface area contributed by atoms with E-state index in [9.17, 15) is 4.79 Å². The van der Waals surface area contributed by atoms with E-state index in [4.69, 9.17) is 11.6 Å². The first-order chi connectivity index (χ1) is 8.15. The second-order valence-corrected chi connectivity index (χ2v) is 4.97. The molecule has 1 heterocycles. The van der Waals surface area contributed by atoms with Crippen LogP contribution in [0.1, 0.15) is 15.9 Å². The van der Waals surface area contributed by atoms with Gasteiger partial charge in [0.05, 0.1) is 0 Å². The molecule has 0 amide bonds. The van der Waals surface area contributed by atoms with E-state index >= 15 is 0 Å². The van der Waals surface area contributed by atoms with Crippen molar-refractivity contribution in [3.05, 3.63) is 63.3 Å². The van der Waals surface area contributed by atoms with Gasteiger partial charge in [0.2, 0.25) is 0 Å². The summed E-state index contributed by atoms with van der Waals surface area (Å²) in [5.74, 6) is 0.0346. The van der Waals surface area contributed by atoms with Gasteiger partial charge in [-0.3, -0.25) is 9.78 Å². The molecule has 4 heteroatoms. The summed E-state index contributed by atoms with van der Waals surface area (Å²) in [6, 6.07) is 8.85. The van der Waals surface area contributed by atoms with E-state index < -0.39 is 0 Å². The zero-order valence-electron chi connectivity index (χ0n) is 8.86. The van der Waals surface area contributed by atoms with Crippen LogP contribution in [0.3, 0.4) is 0 Å². The Morgan fingerprint density at radius 1 is 1.29 bits per heavy atom. The van der Waals surface area contributed by atoms with Crippen LogP contribution in [0.4, 0.5) is 0 Å².